The van der Waals surface area contributed by atoms with Crippen LogP contribution < -0.4 is 0 Å². The Balaban J connectivity index is 1.97. The SMILES string of the molecule is COC1=C2C[C@H](Cl)[C@@]3(C2=CC(=O)C1(OC)OC)[C@@H](O[Si](C)(C)C(C)(C)C)C[C@@H](O[Si](C)(C)C(C)(C)C)[C@H]3OCc1ccccc1. The molecule has 0 heterocycles. The number of carbonyl (C=O) groups is 1. The monoisotopic (exact) mass is 678 g/mol. The molecule has 10 heteroatoms. The number of alkyl halides is 1. The van der Waals surface area contributed by atoms with Crippen LogP contribution in [0.25, 0.3) is 0 Å². The third-order valence-electron chi connectivity index (χ3n) is 11.2. The maximum atomic E-state index is 14.0. The lowest BCUT2D eigenvalue weighted by molar-refractivity contribution is -0.200. The van der Waals surface area contributed by atoms with E-state index in [1.807, 2.05) is 18.2 Å². The third-order valence-corrected chi connectivity index (χ3v) is 20.7. The number of halogens is 1. The van der Waals surface area contributed by atoms with E-state index in [0.717, 1.165) is 16.7 Å². The van der Waals surface area contributed by atoms with Crippen molar-refractivity contribution in [2.24, 2.45) is 5.41 Å². The van der Waals surface area contributed by atoms with Gasteiger partial charge < -0.3 is 27.8 Å². The van der Waals surface area contributed by atoms with Crippen LogP contribution in [0.5, 0.6) is 0 Å². The van der Waals surface area contributed by atoms with Crippen molar-refractivity contribution in [2.45, 2.75) is 127 Å². The summed E-state index contributed by atoms with van der Waals surface area (Å²) in [5, 5.41) is -0.546. The van der Waals surface area contributed by atoms with Gasteiger partial charge in [-0.2, -0.15) is 0 Å². The molecule has 0 radical (unpaired) electrons. The predicted octanol–water partition coefficient (Wildman–Crippen LogP) is 8.15. The van der Waals surface area contributed by atoms with Crippen molar-refractivity contribution < 1.29 is 32.6 Å². The molecule has 3 aliphatic carbocycles. The number of fused-ring (bicyclic) bond motifs is 2. The maximum Gasteiger partial charge on any atom is 0.293 e. The van der Waals surface area contributed by atoms with Gasteiger partial charge in [0.25, 0.3) is 5.79 Å². The molecule has 0 saturated heterocycles. The van der Waals surface area contributed by atoms with E-state index in [1.165, 1.54) is 14.2 Å². The number of ketones is 1. The Labute approximate surface area is 278 Å². The van der Waals surface area contributed by atoms with Crippen molar-refractivity contribution in [3.8, 4) is 0 Å². The molecule has 2 fully saturated rings. The molecular weight excluding hydrogens is 624 g/mol. The molecule has 1 aromatic rings. The lowest BCUT2D eigenvalue weighted by Gasteiger charge is -2.47. The number of rotatable bonds is 10. The summed E-state index contributed by atoms with van der Waals surface area (Å²) in [5.41, 5.74) is 1.76. The number of allylic oxidation sites excluding steroid dienone is 1. The van der Waals surface area contributed by atoms with Gasteiger partial charge in [0.05, 0.1) is 42.8 Å². The summed E-state index contributed by atoms with van der Waals surface area (Å²) in [5.74, 6) is -1.70. The molecule has 0 aliphatic heterocycles. The van der Waals surface area contributed by atoms with E-state index in [0.29, 0.717) is 25.2 Å². The highest BCUT2D eigenvalue weighted by Gasteiger charge is 2.69. The summed E-state index contributed by atoms with van der Waals surface area (Å²) in [7, 11) is -0.164. The first kappa shape index (κ1) is 36.5. The first-order chi connectivity index (χ1) is 20.7. The van der Waals surface area contributed by atoms with E-state index in [2.05, 4.69) is 79.9 Å². The molecular formula is C35H55ClO7Si2. The molecule has 45 heavy (non-hydrogen) atoms. The van der Waals surface area contributed by atoms with Crippen LogP contribution in [0, 0.1) is 5.41 Å². The molecule has 3 aliphatic rings. The van der Waals surface area contributed by atoms with E-state index >= 15 is 0 Å². The molecule has 0 aromatic heterocycles. The fourth-order valence-corrected chi connectivity index (χ4v) is 9.88. The van der Waals surface area contributed by atoms with Crippen LogP contribution >= 0.6 is 11.6 Å². The highest BCUT2D eigenvalue weighted by molar-refractivity contribution is 6.74. The molecule has 4 rings (SSSR count). The Bertz CT molecular complexity index is 1310. The first-order valence-corrected chi connectivity index (χ1v) is 22.3. The van der Waals surface area contributed by atoms with E-state index in [-0.39, 0.29) is 28.1 Å². The van der Waals surface area contributed by atoms with Crippen molar-refractivity contribution >= 4 is 34.0 Å². The Morgan fingerprint density at radius 1 is 0.889 bits per heavy atom. The Morgan fingerprint density at radius 3 is 1.96 bits per heavy atom. The summed E-state index contributed by atoms with van der Waals surface area (Å²) in [6, 6.07) is 10.1. The van der Waals surface area contributed by atoms with Gasteiger partial charge in [-0.05, 0) is 59.9 Å². The summed E-state index contributed by atoms with van der Waals surface area (Å²) in [6.07, 6.45) is 1.54. The maximum absolute atomic E-state index is 14.0. The van der Waals surface area contributed by atoms with Gasteiger partial charge in [-0.1, -0.05) is 71.9 Å². The number of hydrogen-bond acceptors (Lipinski definition) is 7. The highest BCUT2D eigenvalue weighted by atomic mass is 35.5. The van der Waals surface area contributed by atoms with Crippen LogP contribution in [0.4, 0.5) is 0 Å². The summed E-state index contributed by atoms with van der Waals surface area (Å²) < 4.78 is 39.1. The second-order valence-electron chi connectivity index (χ2n) is 15.8. The zero-order valence-corrected chi connectivity index (χ0v) is 32.4. The van der Waals surface area contributed by atoms with Crippen LogP contribution in [-0.4, -0.2) is 73.2 Å². The molecule has 0 amide bonds. The Morgan fingerprint density at radius 2 is 1.44 bits per heavy atom. The second kappa shape index (κ2) is 12.6. The molecule has 0 unspecified atom stereocenters. The van der Waals surface area contributed by atoms with E-state index in [1.54, 1.807) is 13.2 Å². The minimum Gasteiger partial charge on any atom is -0.495 e. The summed E-state index contributed by atoms with van der Waals surface area (Å²) in [4.78, 5) is 14.0. The van der Waals surface area contributed by atoms with Crippen LogP contribution in [0.3, 0.4) is 0 Å². The topological polar surface area (TPSA) is 72.5 Å². The number of carbonyl (C=O) groups excluding carboxylic acids is 1. The van der Waals surface area contributed by atoms with E-state index < -0.39 is 39.3 Å². The zero-order valence-electron chi connectivity index (χ0n) is 29.6. The summed E-state index contributed by atoms with van der Waals surface area (Å²) in [6.45, 7) is 22.9. The van der Waals surface area contributed by atoms with Crippen LogP contribution in [0.15, 0.2) is 53.3 Å². The van der Waals surface area contributed by atoms with Gasteiger partial charge in [-0.3, -0.25) is 4.79 Å². The lowest BCUT2D eigenvalue weighted by Crippen LogP contribution is -2.55. The smallest absolute Gasteiger partial charge is 0.293 e. The average molecular weight is 679 g/mol. The van der Waals surface area contributed by atoms with Gasteiger partial charge in [-0.25, -0.2) is 0 Å². The number of ether oxygens (including phenoxy) is 4. The second-order valence-corrected chi connectivity index (χ2v) is 25.8. The number of methoxy groups -OCH3 is 3. The molecule has 0 bridgehead atoms. The molecule has 1 aromatic carbocycles. The predicted molar refractivity (Wildman–Crippen MR) is 184 cm³/mol. The van der Waals surface area contributed by atoms with Gasteiger partial charge in [0.2, 0.25) is 5.78 Å². The van der Waals surface area contributed by atoms with E-state index in [4.69, 9.17) is 39.4 Å². The van der Waals surface area contributed by atoms with Crippen molar-refractivity contribution in [2.75, 3.05) is 21.3 Å². The average Bonchev–Trinajstić information content (AvgIpc) is 3.39. The van der Waals surface area contributed by atoms with Crippen LogP contribution in [-0.2, 0) is 39.2 Å². The molecule has 252 valence electrons. The highest BCUT2D eigenvalue weighted by Crippen LogP contribution is 2.64. The third kappa shape index (κ3) is 6.10. The van der Waals surface area contributed by atoms with Gasteiger partial charge in [0.1, 0.15) is 0 Å². The van der Waals surface area contributed by atoms with Crippen LogP contribution in [0.1, 0.15) is 59.9 Å². The zero-order chi connectivity index (χ0) is 33.8. The minimum absolute atomic E-state index is 0.0244. The fourth-order valence-electron chi connectivity index (χ4n) is 6.66. The first-order valence-electron chi connectivity index (χ1n) is 16.0. The molecule has 0 N–H and O–H groups in total. The standard InChI is InChI=1S/C35H55ClO7Si2/c1-32(2,3)44(10,11)42-26-21-29(43-45(12,13)33(4,5)6)34(31(26)41-22-23-17-15-14-16-18-23)25-20-28(37)35(39-8,40-9)30(38-7)24(25)19-27(34)36/h14-18,20,26-27,29,31H,19,21-22H2,1-13H3/t26-,27+,29+,31-,34+/m1/s1. The van der Waals surface area contributed by atoms with Crippen molar-refractivity contribution in [1.29, 1.82) is 0 Å². The quantitative estimate of drug-likeness (QED) is 0.140. The van der Waals surface area contributed by atoms with Crippen molar-refractivity contribution in [3.05, 3.63) is 58.9 Å². The normalized spacial score (nSPS) is 28.9. The van der Waals surface area contributed by atoms with Gasteiger partial charge in [0, 0.05) is 26.2 Å². The Hall–Kier alpha value is -1.31. The minimum atomic E-state index is -2.34. The van der Waals surface area contributed by atoms with Crippen LogP contribution in [0.2, 0.25) is 36.3 Å². The lowest BCUT2D eigenvalue weighted by atomic mass is 9.73. The van der Waals surface area contributed by atoms with Gasteiger partial charge in [0.15, 0.2) is 22.4 Å². The molecule has 1 spiro atoms. The largest absolute Gasteiger partial charge is 0.495 e. The summed E-state index contributed by atoms with van der Waals surface area (Å²) >= 11 is 7.63. The Kier molecular flexibility index (Phi) is 10.2. The molecule has 2 saturated carbocycles. The van der Waals surface area contributed by atoms with Gasteiger partial charge in [-0.15, -0.1) is 11.6 Å². The number of hydrogen-bond donors (Lipinski definition) is 0. The molecule has 5 atom stereocenters. The van der Waals surface area contributed by atoms with Crippen molar-refractivity contribution in [3.63, 3.8) is 0 Å². The fraction of sp³-hybridized carbons (Fsp3) is 0.686. The van der Waals surface area contributed by atoms with Gasteiger partial charge >= 0.3 is 0 Å². The van der Waals surface area contributed by atoms with Crippen molar-refractivity contribution in [1.82, 2.24) is 0 Å². The molecule has 7 nitrogen and oxygen atoms in total. The van der Waals surface area contributed by atoms with E-state index in [9.17, 15) is 4.79 Å². The number of benzene rings is 1.